The first-order chi connectivity index (χ1) is 37.5. The van der Waals surface area contributed by atoms with E-state index in [4.69, 9.17) is 14.2 Å². The molecule has 1 unspecified atom stereocenters. The Bertz CT molecular complexity index is 1400. The summed E-state index contributed by atoms with van der Waals surface area (Å²) in [6, 6.07) is 0. The SMILES string of the molecule is CCCCC/C=C\C/C=C\CCCCCCCCCCCC(=O)OC(COC(=O)CCCCCCC/C=C\C/C=C\CCCCCC)COC(=O)CCCCCCCCCCCCC/C=C\C/C=C\CCCCCCC. The monoisotopic (exact) mass is 1060 g/mol. The number of ether oxygens (including phenoxy) is 3. The highest BCUT2D eigenvalue weighted by Gasteiger charge is 2.19. The second-order valence-corrected chi connectivity index (χ2v) is 22.0. The van der Waals surface area contributed by atoms with Gasteiger partial charge in [-0.25, -0.2) is 0 Å². The first-order valence-electron chi connectivity index (χ1n) is 32.9. The molecule has 0 aliphatic heterocycles. The van der Waals surface area contributed by atoms with Crippen molar-refractivity contribution in [3.63, 3.8) is 0 Å². The second-order valence-electron chi connectivity index (χ2n) is 22.0. The molecule has 0 aliphatic carbocycles. The van der Waals surface area contributed by atoms with Gasteiger partial charge in [0.15, 0.2) is 6.10 Å². The van der Waals surface area contributed by atoms with E-state index in [1.165, 1.54) is 205 Å². The highest BCUT2D eigenvalue weighted by molar-refractivity contribution is 5.71. The predicted octanol–water partition coefficient (Wildman–Crippen LogP) is 22.5. The second kappa shape index (κ2) is 64.4. The molecule has 0 aromatic carbocycles. The van der Waals surface area contributed by atoms with Gasteiger partial charge in [0.25, 0.3) is 0 Å². The maximum Gasteiger partial charge on any atom is 0.306 e. The number of hydrogen-bond acceptors (Lipinski definition) is 6. The van der Waals surface area contributed by atoms with Crippen LogP contribution in [0.3, 0.4) is 0 Å². The van der Waals surface area contributed by atoms with E-state index < -0.39 is 6.10 Å². The van der Waals surface area contributed by atoms with E-state index in [0.29, 0.717) is 19.3 Å². The van der Waals surface area contributed by atoms with Gasteiger partial charge >= 0.3 is 17.9 Å². The molecule has 6 nitrogen and oxygen atoms in total. The molecular formula is C70H124O6. The van der Waals surface area contributed by atoms with Crippen molar-refractivity contribution in [3.05, 3.63) is 72.9 Å². The Labute approximate surface area is 472 Å². The molecule has 0 aromatic heterocycles. The van der Waals surface area contributed by atoms with Crippen LogP contribution in [0.1, 0.15) is 335 Å². The zero-order chi connectivity index (χ0) is 55.0. The first-order valence-corrected chi connectivity index (χ1v) is 32.9. The molecule has 0 fully saturated rings. The van der Waals surface area contributed by atoms with Crippen LogP contribution in [0.15, 0.2) is 72.9 Å². The van der Waals surface area contributed by atoms with E-state index >= 15 is 0 Å². The Hall–Kier alpha value is -3.15. The smallest absolute Gasteiger partial charge is 0.306 e. The molecule has 0 saturated carbocycles. The number of hydrogen-bond donors (Lipinski definition) is 0. The molecule has 0 N–H and O–H groups in total. The molecule has 0 saturated heterocycles. The fourth-order valence-corrected chi connectivity index (χ4v) is 9.42. The van der Waals surface area contributed by atoms with Gasteiger partial charge in [-0.15, -0.1) is 0 Å². The van der Waals surface area contributed by atoms with Gasteiger partial charge in [-0.05, 0) is 116 Å². The summed E-state index contributed by atoms with van der Waals surface area (Å²) in [7, 11) is 0. The van der Waals surface area contributed by atoms with Crippen LogP contribution in [-0.2, 0) is 28.6 Å². The Morgan fingerprint density at radius 2 is 0.474 bits per heavy atom. The molecule has 0 rings (SSSR count). The first kappa shape index (κ1) is 72.8. The van der Waals surface area contributed by atoms with Crippen LogP contribution >= 0.6 is 0 Å². The fourth-order valence-electron chi connectivity index (χ4n) is 9.42. The van der Waals surface area contributed by atoms with E-state index in [2.05, 4.69) is 93.7 Å². The lowest BCUT2D eigenvalue weighted by Gasteiger charge is -2.18. The number of carbonyl (C=O) groups is 3. The third-order valence-corrected chi connectivity index (χ3v) is 14.4. The average molecular weight is 1060 g/mol. The van der Waals surface area contributed by atoms with Crippen molar-refractivity contribution in [1.82, 2.24) is 0 Å². The van der Waals surface area contributed by atoms with Crippen LogP contribution < -0.4 is 0 Å². The maximum atomic E-state index is 12.9. The van der Waals surface area contributed by atoms with Gasteiger partial charge in [-0.3, -0.25) is 14.4 Å². The highest BCUT2D eigenvalue weighted by atomic mass is 16.6. The Kier molecular flexibility index (Phi) is 61.7. The molecule has 1 atom stereocenters. The van der Waals surface area contributed by atoms with Crippen molar-refractivity contribution in [1.29, 1.82) is 0 Å². The van der Waals surface area contributed by atoms with Crippen molar-refractivity contribution < 1.29 is 28.6 Å². The topological polar surface area (TPSA) is 78.9 Å². The standard InChI is InChI=1S/C70H124O6/c1-4-7-10-13-16-19-22-25-28-31-33-34-35-36-38-39-42-45-48-51-54-57-60-63-69(72)75-66-67(65-74-68(71)62-59-56-53-50-47-44-41-30-27-24-21-18-15-12-9-6-3)76-70(73)64-61-58-55-52-49-46-43-40-37-32-29-26-23-20-17-14-11-8-5-2/h17,20-22,24-26,29-31,33,41,67H,4-16,18-19,23,27-28,32,34-40,42-66H2,1-3H3/b20-17-,24-21-,25-22-,29-26-,33-31-,41-30-. The number of esters is 3. The van der Waals surface area contributed by atoms with Crippen molar-refractivity contribution in [3.8, 4) is 0 Å². The minimum absolute atomic E-state index is 0.0812. The maximum absolute atomic E-state index is 12.9. The van der Waals surface area contributed by atoms with Crippen molar-refractivity contribution in [2.45, 2.75) is 341 Å². The largest absolute Gasteiger partial charge is 0.462 e. The lowest BCUT2D eigenvalue weighted by molar-refractivity contribution is -0.167. The van der Waals surface area contributed by atoms with Gasteiger partial charge in [0.05, 0.1) is 0 Å². The third-order valence-electron chi connectivity index (χ3n) is 14.4. The molecule has 0 heterocycles. The number of unbranched alkanes of at least 4 members (excludes halogenated alkanes) is 37. The van der Waals surface area contributed by atoms with Gasteiger partial charge in [0.1, 0.15) is 13.2 Å². The summed E-state index contributed by atoms with van der Waals surface area (Å²) < 4.78 is 16.9. The zero-order valence-corrected chi connectivity index (χ0v) is 50.5. The summed E-state index contributed by atoms with van der Waals surface area (Å²) in [5.74, 6) is -0.886. The Morgan fingerprint density at radius 1 is 0.263 bits per heavy atom. The summed E-state index contributed by atoms with van der Waals surface area (Å²) in [5, 5.41) is 0. The van der Waals surface area contributed by atoms with Gasteiger partial charge in [-0.2, -0.15) is 0 Å². The minimum Gasteiger partial charge on any atom is -0.462 e. The molecule has 0 aromatic rings. The summed E-state index contributed by atoms with van der Waals surface area (Å²) in [5.41, 5.74) is 0. The van der Waals surface area contributed by atoms with Crippen molar-refractivity contribution >= 4 is 17.9 Å². The summed E-state index contributed by atoms with van der Waals surface area (Å²) in [6.45, 7) is 6.61. The molecule has 0 radical (unpaired) electrons. The van der Waals surface area contributed by atoms with E-state index in [9.17, 15) is 14.4 Å². The lowest BCUT2D eigenvalue weighted by Crippen LogP contribution is -2.30. The Balaban J connectivity index is 4.36. The van der Waals surface area contributed by atoms with Crippen LogP contribution in [0.5, 0.6) is 0 Å². The van der Waals surface area contributed by atoms with Crippen LogP contribution in [0.2, 0.25) is 0 Å². The average Bonchev–Trinajstić information content (AvgIpc) is 3.42. The quantitative estimate of drug-likeness (QED) is 0.0261. The molecular weight excluding hydrogens is 937 g/mol. The zero-order valence-electron chi connectivity index (χ0n) is 50.5. The highest BCUT2D eigenvalue weighted by Crippen LogP contribution is 2.16. The van der Waals surface area contributed by atoms with E-state index in [0.717, 1.165) is 89.9 Å². The molecule has 0 amide bonds. The van der Waals surface area contributed by atoms with Gasteiger partial charge < -0.3 is 14.2 Å². The number of rotatable bonds is 60. The number of allylic oxidation sites excluding steroid dienone is 12. The van der Waals surface area contributed by atoms with Crippen molar-refractivity contribution in [2.24, 2.45) is 0 Å². The number of carbonyl (C=O) groups excluding carboxylic acids is 3. The lowest BCUT2D eigenvalue weighted by atomic mass is 10.0. The van der Waals surface area contributed by atoms with E-state index in [1.54, 1.807) is 0 Å². The third kappa shape index (κ3) is 61.7. The van der Waals surface area contributed by atoms with Crippen molar-refractivity contribution in [2.75, 3.05) is 13.2 Å². The molecule has 0 spiro atoms. The molecule has 0 bridgehead atoms. The van der Waals surface area contributed by atoms with Crippen LogP contribution in [0.4, 0.5) is 0 Å². The summed E-state index contributed by atoms with van der Waals surface area (Å²) >= 11 is 0. The van der Waals surface area contributed by atoms with Crippen LogP contribution in [0.25, 0.3) is 0 Å². The summed E-state index contributed by atoms with van der Waals surface area (Å²) in [6.07, 6.45) is 83.3. The molecule has 6 heteroatoms. The Morgan fingerprint density at radius 3 is 0.763 bits per heavy atom. The minimum atomic E-state index is -0.786. The predicted molar refractivity (Wildman–Crippen MR) is 330 cm³/mol. The van der Waals surface area contributed by atoms with Crippen LogP contribution in [0, 0.1) is 0 Å². The fraction of sp³-hybridized carbons (Fsp3) is 0.786. The molecule has 440 valence electrons. The molecule has 76 heavy (non-hydrogen) atoms. The van der Waals surface area contributed by atoms with E-state index in [1.807, 2.05) is 0 Å². The van der Waals surface area contributed by atoms with E-state index in [-0.39, 0.29) is 31.1 Å². The van der Waals surface area contributed by atoms with Gasteiger partial charge in [0, 0.05) is 19.3 Å². The molecule has 0 aliphatic rings. The normalized spacial score (nSPS) is 12.5. The van der Waals surface area contributed by atoms with Gasteiger partial charge in [-0.1, -0.05) is 273 Å². The summed E-state index contributed by atoms with van der Waals surface area (Å²) in [4.78, 5) is 38.4. The van der Waals surface area contributed by atoms with Crippen LogP contribution in [-0.4, -0.2) is 37.2 Å². The van der Waals surface area contributed by atoms with Gasteiger partial charge in [0.2, 0.25) is 0 Å².